The van der Waals surface area contributed by atoms with Gasteiger partial charge in [0.1, 0.15) is 6.10 Å². The van der Waals surface area contributed by atoms with Gasteiger partial charge >= 0.3 is 0 Å². The molecule has 0 bridgehead atoms. The molecule has 0 aromatic heterocycles. The molecule has 2 aromatic rings. The highest BCUT2D eigenvalue weighted by Gasteiger charge is 2.41. The molecule has 2 atom stereocenters. The van der Waals surface area contributed by atoms with Crippen LogP contribution in [0, 0.1) is 0 Å². The summed E-state index contributed by atoms with van der Waals surface area (Å²) < 4.78 is 6.06. The third kappa shape index (κ3) is 2.21. The highest BCUT2D eigenvalue weighted by molar-refractivity contribution is 5.94. The van der Waals surface area contributed by atoms with Crippen molar-refractivity contribution in [2.45, 2.75) is 18.6 Å². The van der Waals surface area contributed by atoms with E-state index in [2.05, 4.69) is 4.99 Å². The first-order chi connectivity index (χ1) is 9.70. The van der Waals surface area contributed by atoms with Crippen molar-refractivity contribution in [3.8, 4) is 0 Å². The van der Waals surface area contributed by atoms with Crippen LogP contribution in [0.15, 0.2) is 65.7 Å². The summed E-state index contributed by atoms with van der Waals surface area (Å²) in [4.78, 5) is 4.35. The number of hydrogen-bond acceptors (Lipinski definition) is 3. The van der Waals surface area contributed by atoms with Crippen molar-refractivity contribution < 1.29 is 9.84 Å². The highest BCUT2D eigenvalue weighted by Crippen LogP contribution is 2.33. The summed E-state index contributed by atoms with van der Waals surface area (Å²) in [5.74, 6) is 0.585. The van der Waals surface area contributed by atoms with Crippen LogP contribution in [0.2, 0.25) is 0 Å². The Morgan fingerprint density at radius 2 is 1.65 bits per heavy atom. The lowest BCUT2D eigenvalue weighted by atomic mass is 9.88. The van der Waals surface area contributed by atoms with Gasteiger partial charge < -0.3 is 9.84 Å². The Hall–Kier alpha value is -2.13. The van der Waals surface area contributed by atoms with Crippen LogP contribution in [0.5, 0.6) is 0 Å². The molecular formula is C17H17NO2. The number of aliphatic imine (C=N–C) groups is 1. The van der Waals surface area contributed by atoms with E-state index in [1.165, 1.54) is 0 Å². The zero-order valence-corrected chi connectivity index (χ0v) is 11.4. The van der Waals surface area contributed by atoms with Crippen molar-refractivity contribution in [2.75, 3.05) is 6.54 Å². The Kier molecular flexibility index (Phi) is 3.28. The van der Waals surface area contributed by atoms with Gasteiger partial charge in [0, 0.05) is 5.56 Å². The average molecular weight is 267 g/mol. The molecule has 102 valence electrons. The predicted molar refractivity (Wildman–Crippen MR) is 78.7 cm³/mol. The lowest BCUT2D eigenvalue weighted by molar-refractivity contribution is -0.0605. The van der Waals surface area contributed by atoms with Crippen LogP contribution >= 0.6 is 0 Å². The van der Waals surface area contributed by atoms with Gasteiger partial charge in [0.25, 0.3) is 0 Å². The number of hydrogen-bond donors (Lipinski definition) is 1. The second-order valence-electron chi connectivity index (χ2n) is 5.10. The number of aliphatic hydroxyl groups is 1. The molecule has 1 heterocycles. The molecule has 1 aliphatic heterocycles. The van der Waals surface area contributed by atoms with Crippen LogP contribution < -0.4 is 0 Å². The highest BCUT2D eigenvalue weighted by atomic mass is 16.5. The summed E-state index contributed by atoms with van der Waals surface area (Å²) in [7, 11) is 0. The monoisotopic (exact) mass is 267 g/mol. The van der Waals surface area contributed by atoms with Gasteiger partial charge in [-0.25, -0.2) is 4.99 Å². The maximum Gasteiger partial charge on any atom is 0.217 e. The maximum absolute atomic E-state index is 10.3. The second-order valence-corrected chi connectivity index (χ2v) is 5.10. The summed E-state index contributed by atoms with van der Waals surface area (Å²) in [5.41, 5.74) is 1.12. The largest absolute Gasteiger partial charge is 0.463 e. The van der Waals surface area contributed by atoms with E-state index in [9.17, 15) is 5.11 Å². The van der Waals surface area contributed by atoms with Crippen molar-refractivity contribution in [1.82, 2.24) is 0 Å². The van der Waals surface area contributed by atoms with E-state index in [1.807, 2.05) is 67.6 Å². The average Bonchev–Trinajstić information content (AvgIpc) is 2.52. The molecule has 1 aliphatic rings. The fourth-order valence-corrected chi connectivity index (χ4v) is 2.40. The molecule has 2 unspecified atom stereocenters. The summed E-state index contributed by atoms with van der Waals surface area (Å²) >= 11 is 0. The Morgan fingerprint density at radius 3 is 2.30 bits per heavy atom. The fourth-order valence-electron chi connectivity index (χ4n) is 2.40. The van der Waals surface area contributed by atoms with Crippen LogP contribution in [-0.4, -0.2) is 23.7 Å². The Balaban J connectivity index is 1.97. The molecule has 3 heteroatoms. The van der Waals surface area contributed by atoms with Crippen LogP contribution in [0.4, 0.5) is 0 Å². The molecule has 0 saturated carbocycles. The van der Waals surface area contributed by atoms with Crippen LogP contribution in [-0.2, 0) is 10.3 Å². The molecular weight excluding hydrogens is 250 g/mol. The third-order valence-electron chi connectivity index (χ3n) is 3.72. The molecule has 3 rings (SSSR count). The van der Waals surface area contributed by atoms with Crippen molar-refractivity contribution in [2.24, 2.45) is 4.99 Å². The smallest absolute Gasteiger partial charge is 0.217 e. The Bertz CT molecular complexity index is 609. The Labute approximate surface area is 118 Å². The lowest BCUT2D eigenvalue weighted by Crippen LogP contribution is -2.46. The molecule has 0 spiro atoms. The quantitative estimate of drug-likeness (QED) is 0.909. The second kappa shape index (κ2) is 5.10. The van der Waals surface area contributed by atoms with Gasteiger partial charge in [0.15, 0.2) is 5.60 Å². The van der Waals surface area contributed by atoms with Gasteiger partial charge in [-0.1, -0.05) is 48.5 Å². The minimum atomic E-state index is -0.770. The first-order valence-electron chi connectivity index (χ1n) is 6.72. The van der Waals surface area contributed by atoms with Gasteiger partial charge in [0.2, 0.25) is 5.90 Å². The summed E-state index contributed by atoms with van der Waals surface area (Å²) in [5, 5.41) is 10.3. The van der Waals surface area contributed by atoms with Gasteiger partial charge in [-0.3, -0.25) is 0 Å². The number of nitrogens with zero attached hydrogens (tertiary/aromatic N) is 1. The normalized spacial score (nSPS) is 25.7. The third-order valence-corrected chi connectivity index (χ3v) is 3.72. The van der Waals surface area contributed by atoms with Crippen LogP contribution in [0.25, 0.3) is 0 Å². The van der Waals surface area contributed by atoms with Gasteiger partial charge in [-0.05, 0) is 24.6 Å². The standard InChI is InChI=1S/C17H17NO2/c1-17(14-10-6-3-7-11-14)15(19)12-18-16(20-17)13-8-4-2-5-9-13/h2-11,15,19H,12H2,1H3. The Morgan fingerprint density at radius 1 is 1.05 bits per heavy atom. The molecule has 2 aromatic carbocycles. The molecule has 0 saturated heterocycles. The minimum Gasteiger partial charge on any atom is -0.463 e. The molecule has 0 amide bonds. The molecule has 20 heavy (non-hydrogen) atoms. The van der Waals surface area contributed by atoms with E-state index >= 15 is 0 Å². The molecule has 3 nitrogen and oxygen atoms in total. The van der Waals surface area contributed by atoms with Gasteiger partial charge in [-0.2, -0.15) is 0 Å². The minimum absolute atomic E-state index is 0.343. The summed E-state index contributed by atoms with van der Waals surface area (Å²) in [6.45, 7) is 2.25. The van der Waals surface area contributed by atoms with Gasteiger partial charge in [0.05, 0.1) is 6.54 Å². The summed E-state index contributed by atoms with van der Waals surface area (Å²) in [6, 6.07) is 19.6. The topological polar surface area (TPSA) is 41.8 Å². The molecule has 0 fully saturated rings. The van der Waals surface area contributed by atoms with E-state index in [0.29, 0.717) is 12.4 Å². The molecule has 1 N–H and O–H groups in total. The van der Waals surface area contributed by atoms with Crippen molar-refractivity contribution in [3.63, 3.8) is 0 Å². The number of rotatable bonds is 2. The lowest BCUT2D eigenvalue weighted by Gasteiger charge is -2.38. The zero-order chi connectivity index (χ0) is 14.0. The van der Waals surface area contributed by atoms with E-state index in [4.69, 9.17) is 4.74 Å². The van der Waals surface area contributed by atoms with Crippen molar-refractivity contribution in [3.05, 3.63) is 71.8 Å². The molecule has 0 aliphatic carbocycles. The van der Waals surface area contributed by atoms with Crippen LogP contribution in [0.3, 0.4) is 0 Å². The van der Waals surface area contributed by atoms with Gasteiger partial charge in [-0.15, -0.1) is 0 Å². The van der Waals surface area contributed by atoms with E-state index < -0.39 is 11.7 Å². The zero-order valence-electron chi connectivity index (χ0n) is 11.4. The fraction of sp³-hybridized carbons (Fsp3) is 0.235. The van der Waals surface area contributed by atoms with E-state index in [-0.39, 0.29) is 0 Å². The van der Waals surface area contributed by atoms with E-state index in [1.54, 1.807) is 0 Å². The number of ether oxygens (including phenoxy) is 1. The van der Waals surface area contributed by atoms with Crippen molar-refractivity contribution in [1.29, 1.82) is 0 Å². The predicted octanol–water partition coefficient (Wildman–Crippen LogP) is 2.74. The SMILES string of the molecule is CC1(c2ccccc2)OC(c2ccccc2)=NCC1O. The summed E-state index contributed by atoms with van der Waals surface area (Å²) in [6.07, 6.45) is -0.655. The molecule has 0 radical (unpaired) electrons. The number of aliphatic hydroxyl groups excluding tert-OH is 1. The van der Waals surface area contributed by atoms with Crippen LogP contribution in [0.1, 0.15) is 18.1 Å². The first-order valence-corrected chi connectivity index (χ1v) is 6.72. The first kappa shape index (κ1) is 12.9. The van der Waals surface area contributed by atoms with Crippen molar-refractivity contribution >= 4 is 5.90 Å². The van der Waals surface area contributed by atoms with E-state index in [0.717, 1.165) is 11.1 Å². The maximum atomic E-state index is 10.3. The number of benzene rings is 2.